The highest BCUT2D eigenvalue weighted by atomic mass is 35.5. The van der Waals surface area contributed by atoms with Gasteiger partial charge >= 0.3 is 6.09 Å². The van der Waals surface area contributed by atoms with Crippen LogP contribution >= 0.6 is 35.4 Å². The molecule has 0 aliphatic carbocycles. The molecule has 0 aliphatic heterocycles. The van der Waals surface area contributed by atoms with E-state index in [0.29, 0.717) is 27.8 Å². The summed E-state index contributed by atoms with van der Waals surface area (Å²) in [7, 11) is 0. The number of carbonyl (C=O) groups is 2. The minimum atomic E-state index is -1.20. The smallest absolute Gasteiger partial charge is 0.409 e. The molecule has 0 aliphatic rings. The average molecular weight is 449 g/mol. The summed E-state index contributed by atoms with van der Waals surface area (Å²) in [6, 6.07) is 11.5. The Bertz CT molecular complexity index is 1040. The van der Waals surface area contributed by atoms with Gasteiger partial charge in [-0.05, 0) is 66.2 Å². The first-order chi connectivity index (χ1) is 13.9. The Labute approximate surface area is 179 Å². The van der Waals surface area contributed by atoms with Crippen molar-refractivity contribution in [1.82, 2.24) is 9.59 Å². The predicted octanol–water partition coefficient (Wildman–Crippen LogP) is 4.34. The zero-order valence-electron chi connectivity index (χ0n) is 14.5. The van der Waals surface area contributed by atoms with Gasteiger partial charge < -0.3 is 21.1 Å². The lowest BCUT2D eigenvalue weighted by molar-refractivity contribution is 0.102. The van der Waals surface area contributed by atoms with Crippen LogP contribution in [0.2, 0.25) is 5.02 Å². The number of carbonyl (C=O) groups excluding carboxylic acids is 1. The van der Waals surface area contributed by atoms with E-state index in [1.165, 1.54) is 6.07 Å². The van der Waals surface area contributed by atoms with Crippen molar-refractivity contribution >= 4 is 75.2 Å². The molecule has 0 bridgehead atoms. The molecular weight excluding hydrogens is 436 g/mol. The number of nitrogens with one attached hydrogen (secondary N) is 4. The second kappa shape index (κ2) is 9.28. The lowest BCUT2D eigenvalue weighted by Crippen LogP contribution is -2.19. The van der Waals surface area contributed by atoms with Crippen molar-refractivity contribution in [2.24, 2.45) is 0 Å². The number of anilines is 4. The predicted molar refractivity (Wildman–Crippen MR) is 117 cm³/mol. The molecule has 0 unspecified atom stereocenters. The van der Waals surface area contributed by atoms with E-state index < -0.39 is 6.09 Å². The molecule has 0 saturated carbocycles. The summed E-state index contributed by atoms with van der Waals surface area (Å²) < 4.78 is 3.65. The Balaban J connectivity index is 1.59. The van der Waals surface area contributed by atoms with Gasteiger partial charge in [0.05, 0.1) is 0 Å². The third-order valence-electron chi connectivity index (χ3n) is 3.40. The van der Waals surface area contributed by atoms with Crippen LogP contribution in [0.15, 0.2) is 47.8 Å². The molecule has 0 radical (unpaired) electrons. The fraction of sp³-hybridized carbons (Fsp3) is 0. The molecule has 2 aromatic carbocycles. The molecule has 1 aromatic heterocycles. The monoisotopic (exact) mass is 448 g/mol. The number of aromatic nitrogens is 2. The minimum Gasteiger partial charge on any atom is -0.465 e. The molecule has 3 rings (SSSR count). The molecule has 0 saturated heterocycles. The van der Waals surface area contributed by atoms with Gasteiger partial charge in [0.15, 0.2) is 10.8 Å². The molecule has 9 nitrogen and oxygen atoms in total. The number of hydrogen-bond acceptors (Lipinski definition) is 6. The van der Waals surface area contributed by atoms with Crippen LogP contribution in [-0.2, 0) is 0 Å². The van der Waals surface area contributed by atoms with Crippen LogP contribution in [-0.4, -0.2) is 31.8 Å². The van der Waals surface area contributed by atoms with Gasteiger partial charge in [-0.3, -0.25) is 10.1 Å². The number of thiocarbonyl (C=S) groups is 1. The highest BCUT2D eigenvalue weighted by molar-refractivity contribution is 7.80. The summed E-state index contributed by atoms with van der Waals surface area (Å²) in [5.41, 5.74) is 2.35. The van der Waals surface area contributed by atoms with Gasteiger partial charge in [0.25, 0.3) is 5.91 Å². The highest BCUT2D eigenvalue weighted by Gasteiger charge is 2.09. The van der Waals surface area contributed by atoms with E-state index in [2.05, 4.69) is 30.9 Å². The van der Waals surface area contributed by atoms with Crippen LogP contribution in [0.25, 0.3) is 0 Å². The van der Waals surface area contributed by atoms with Crippen LogP contribution in [0.1, 0.15) is 10.5 Å². The van der Waals surface area contributed by atoms with Gasteiger partial charge in [0.2, 0.25) is 0 Å². The highest BCUT2D eigenvalue weighted by Crippen LogP contribution is 2.23. The first kappa shape index (κ1) is 20.5. The second-order valence-electron chi connectivity index (χ2n) is 5.56. The first-order valence-corrected chi connectivity index (χ1v) is 9.58. The molecule has 0 spiro atoms. The maximum Gasteiger partial charge on any atom is 0.409 e. The number of hydrogen-bond donors (Lipinski definition) is 5. The molecule has 148 valence electrons. The summed E-state index contributed by atoms with van der Waals surface area (Å²) in [4.78, 5) is 22.7. The SMILES string of the molecule is O=C(O)Nc1cc(Cl)cc(NC(=S)Nc2ccc(NC(=O)c3csnn3)cc2)c1. The molecule has 2 amide bonds. The molecule has 0 atom stereocenters. The standard InChI is InChI=1S/C17H13ClN6O3S2/c18-9-5-12(7-13(6-9)22-17(26)27)21-16(28)20-11-3-1-10(2-4-11)19-15(25)14-8-29-24-23-14/h1-8,22H,(H,19,25)(H,26,27)(H2,20,21,28). The Kier molecular flexibility index (Phi) is 6.54. The normalized spacial score (nSPS) is 10.1. The van der Waals surface area contributed by atoms with Gasteiger partial charge in [-0.25, -0.2) is 4.79 Å². The van der Waals surface area contributed by atoms with E-state index >= 15 is 0 Å². The number of halogens is 1. The zero-order valence-corrected chi connectivity index (χ0v) is 16.9. The van der Waals surface area contributed by atoms with Crippen LogP contribution < -0.4 is 21.3 Å². The Morgan fingerprint density at radius 1 is 0.931 bits per heavy atom. The van der Waals surface area contributed by atoms with Crippen molar-refractivity contribution in [3.05, 3.63) is 58.6 Å². The number of benzene rings is 2. The lowest BCUT2D eigenvalue weighted by atomic mass is 10.2. The van der Waals surface area contributed by atoms with Crippen molar-refractivity contribution in [2.75, 3.05) is 21.3 Å². The molecule has 0 fully saturated rings. The second-order valence-corrected chi connectivity index (χ2v) is 7.01. The van der Waals surface area contributed by atoms with Crippen LogP contribution in [0.3, 0.4) is 0 Å². The van der Waals surface area contributed by atoms with Gasteiger partial charge in [-0.15, -0.1) is 5.10 Å². The maximum absolute atomic E-state index is 12.0. The summed E-state index contributed by atoms with van der Waals surface area (Å²) in [5.74, 6) is -0.344. The van der Waals surface area contributed by atoms with E-state index in [1.807, 2.05) is 0 Å². The van der Waals surface area contributed by atoms with Crippen LogP contribution in [0, 0.1) is 0 Å². The molecule has 3 aromatic rings. The summed E-state index contributed by atoms with van der Waals surface area (Å²) in [5, 5.41) is 25.6. The average Bonchev–Trinajstić information content (AvgIpc) is 3.17. The molecule has 12 heteroatoms. The van der Waals surface area contributed by atoms with E-state index in [1.54, 1.807) is 41.8 Å². The van der Waals surface area contributed by atoms with E-state index in [4.69, 9.17) is 28.9 Å². The van der Waals surface area contributed by atoms with Crippen molar-refractivity contribution in [3.8, 4) is 0 Å². The van der Waals surface area contributed by atoms with Crippen molar-refractivity contribution in [2.45, 2.75) is 0 Å². The Hall–Kier alpha value is -3.28. The quantitative estimate of drug-likeness (QED) is 0.364. The van der Waals surface area contributed by atoms with Gasteiger partial charge in [-0.2, -0.15) is 0 Å². The number of rotatable bonds is 5. The van der Waals surface area contributed by atoms with Gasteiger partial charge in [-0.1, -0.05) is 16.1 Å². The Morgan fingerprint density at radius 3 is 2.10 bits per heavy atom. The largest absolute Gasteiger partial charge is 0.465 e. The van der Waals surface area contributed by atoms with Crippen molar-refractivity contribution in [1.29, 1.82) is 0 Å². The molecule has 5 N–H and O–H groups in total. The molecule has 1 heterocycles. The van der Waals surface area contributed by atoms with E-state index in [0.717, 1.165) is 11.5 Å². The van der Waals surface area contributed by atoms with Crippen LogP contribution in [0.4, 0.5) is 27.5 Å². The third kappa shape index (κ3) is 6.10. The van der Waals surface area contributed by atoms with Gasteiger partial charge in [0.1, 0.15) is 0 Å². The number of nitrogens with zero attached hydrogens (tertiary/aromatic N) is 2. The molecule has 29 heavy (non-hydrogen) atoms. The minimum absolute atomic E-state index is 0.251. The lowest BCUT2D eigenvalue weighted by Gasteiger charge is -2.13. The summed E-state index contributed by atoms with van der Waals surface area (Å²) in [6.45, 7) is 0. The van der Waals surface area contributed by atoms with Crippen molar-refractivity contribution < 1.29 is 14.7 Å². The molecular formula is C17H13ClN6O3S2. The fourth-order valence-corrected chi connectivity index (χ4v) is 3.15. The van der Waals surface area contributed by atoms with E-state index in [-0.39, 0.29) is 16.7 Å². The number of carboxylic acid groups (broad SMARTS) is 1. The summed E-state index contributed by atoms with van der Waals surface area (Å²) in [6.07, 6.45) is -1.20. The van der Waals surface area contributed by atoms with E-state index in [9.17, 15) is 9.59 Å². The van der Waals surface area contributed by atoms with Gasteiger partial charge in [0, 0.05) is 33.2 Å². The number of amides is 2. The fourth-order valence-electron chi connectivity index (χ4n) is 2.25. The first-order valence-electron chi connectivity index (χ1n) is 7.96. The third-order valence-corrected chi connectivity index (χ3v) is 4.33. The van der Waals surface area contributed by atoms with Crippen molar-refractivity contribution in [3.63, 3.8) is 0 Å². The zero-order chi connectivity index (χ0) is 20.8. The maximum atomic E-state index is 12.0. The topological polar surface area (TPSA) is 128 Å². The van der Waals surface area contributed by atoms with Crippen LogP contribution in [0.5, 0.6) is 0 Å². The Morgan fingerprint density at radius 2 is 1.52 bits per heavy atom. The summed E-state index contributed by atoms with van der Waals surface area (Å²) >= 11 is 12.4.